The van der Waals surface area contributed by atoms with Crippen LogP contribution in [0.2, 0.25) is 0 Å². The van der Waals surface area contributed by atoms with E-state index in [4.69, 9.17) is 13.3 Å². The van der Waals surface area contributed by atoms with E-state index in [1.165, 1.54) is 0 Å². The smallest absolute Gasteiger partial charge is 0.784 e. The van der Waals surface area contributed by atoms with E-state index in [9.17, 15) is 9.59 Å². The van der Waals surface area contributed by atoms with Crippen molar-refractivity contribution in [1.29, 1.82) is 0 Å². The zero-order valence-electron chi connectivity index (χ0n) is 8.65. The molecule has 5 nitrogen and oxygen atoms in total. The predicted octanol–water partition coefficient (Wildman–Crippen LogP) is -6.05. The van der Waals surface area contributed by atoms with Crippen molar-refractivity contribution in [1.82, 2.24) is 0 Å². The summed E-state index contributed by atoms with van der Waals surface area (Å²) in [6.07, 6.45) is 2.12. The Morgan fingerprint density at radius 1 is 1.36 bits per heavy atom. The van der Waals surface area contributed by atoms with Crippen LogP contribution in [0.3, 0.4) is 0 Å². The van der Waals surface area contributed by atoms with Gasteiger partial charge in [0.15, 0.2) is 0 Å². The predicted molar refractivity (Wildman–Crippen MR) is 40.3 cm³/mol. The van der Waals surface area contributed by atoms with Gasteiger partial charge in [0.05, 0.1) is 6.42 Å². The van der Waals surface area contributed by atoms with Gasteiger partial charge in [-0.1, -0.05) is 6.92 Å². The van der Waals surface area contributed by atoms with Crippen molar-refractivity contribution >= 4 is 23.4 Å². The fourth-order valence-electron chi connectivity index (χ4n) is 0.474. The molecule has 0 radical (unpaired) electrons. The molecule has 8 heteroatoms. The first-order chi connectivity index (χ1) is 5.54. The van der Waals surface area contributed by atoms with Gasteiger partial charge in [-0.25, -0.2) is 0 Å². The van der Waals surface area contributed by atoms with Crippen molar-refractivity contribution in [2.45, 2.75) is 26.2 Å². The minimum atomic E-state index is -3.11. The van der Waals surface area contributed by atoms with Gasteiger partial charge in [0.1, 0.15) is 12.1 Å². The average Bonchev–Trinajstić information content (AvgIpc) is 1.87. The molecule has 0 saturated heterocycles. The van der Waals surface area contributed by atoms with Crippen LogP contribution in [0.15, 0.2) is 0 Å². The number of carbonyl (C=O) groups excluding carboxylic acids is 2. The van der Waals surface area contributed by atoms with Gasteiger partial charge < -0.3 is 13.9 Å². The maximum atomic E-state index is 10.4. The normalized spacial score (nSPS) is 7.43. The third kappa shape index (κ3) is 37.6. The average molecular weight is 240 g/mol. The van der Waals surface area contributed by atoms with Gasteiger partial charge in [-0.15, -0.1) is 11.4 Å². The minimum absolute atomic E-state index is 0. The number of rotatable bonds is 4. The van der Waals surface area contributed by atoms with Crippen molar-refractivity contribution < 1.29 is 82.0 Å². The molecule has 0 aromatic carbocycles. The van der Waals surface area contributed by atoms with E-state index in [0.717, 1.165) is 6.42 Å². The van der Waals surface area contributed by atoms with E-state index < -0.39 is 11.4 Å². The van der Waals surface area contributed by atoms with Gasteiger partial charge in [0.25, 0.3) is 0 Å². The number of aldehydes is 1. The first-order valence-electron chi connectivity index (χ1n) is 3.26. The van der Waals surface area contributed by atoms with Crippen molar-refractivity contribution in [3.05, 3.63) is 0 Å². The molecule has 0 amide bonds. The monoisotopic (exact) mass is 240 g/mol. The van der Waals surface area contributed by atoms with E-state index in [2.05, 4.69) is 0 Å². The Morgan fingerprint density at radius 2 is 1.71 bits per heavy atom. The van der Waals surface area contributed by atoms with Crippen LogP contribution < -0.4 is 59.1 Å². The maximum absolute atomic E-state index is 10.4. The molecular formula is C6H10Na2O5S. The number of ketones is 1. The number of Topliss-reactive ketones (excluding diaryl/α,β-unsaturated/α-hetero) is 1. The molecule has 0 N–H and O–H groups in total. The second-order valence-corrected chi connectivity index (χ2v) is 2.27. The third-order valence-corrected chi connectivity index (χ3v) is 0.840. The van der Waals surface area contributed by atoms with Gasteiger partial charge in [-0.3, -0.25) is 9.00 Å². The van der Waals surface area contributed by atoms with Gasteiger partial charge in [0.2, 0.25) is 0 Å². The van der Waals surface area contributed by atoms with Crippen molar-refractivity contribution in [2.75, 3.05) is 0 Å². The summed E-state index contributed by atoms with van der Waals surface area (Å²) >= 11 is -3.11. The van der Waals surface area contributed by atoms with Crippen LogP contribution in [0.5, 0.6) is 0 Å². The van der Waals surface area contributed by atoms with Crippen LogP contribution in [-0.4, -0.2) is 25.4 Å². The Bertz CT molecular complexity index is 160. The van der Waals surface area contributed by atoms with E-state index >= 15 is 0 Å². The molecule has 0 aliphatic heterocycles. The molecule has 0 heterocycles. The minimum Gasteiger partial charge on any atom is -0.784 e. The van der Waals surface area contributed by atoms with Gasteiger partial charge in [0, 0.05) is 6.42 Å². The largest absolute Gasteiger partial charge is 1.00 e. The fraction of sp³-hybridized carbons (Fsp3) is 0.667. The summed E-state index contributed by atoms with van der Waals surface area (Å²) in [4.78, 5) is 20.1. The zero-order chi connectivity index (χ0) is 9.98. The number of carbonyl (C=O) groups is 2. The SMILES string of the molecule is CCCC(=O)CC=O.O=S([O-])[O-].[Na+].[Na+]. The molecule has 0 atom stereocenters. The van der Waals surface area contributed by atoms with Crippen LogP contribution in [0.4, 0.5) is 0 Å². The summed E-state index contributed by atoms with van der Waals surface area (Å²) in [6, 6.07) is 0. The van der Waals surface area contributed by atoms with Crippen LogP contribution in [0.1, 0.15) is 26.2 Å². The number of hydrogen-bond donors (Lipinski definition) is 0. The summed E-state index contributed by atoms with van der Waals surface area (Å²) in [5.74, 6) is 0.0440. The molecule has 0 aromatic heterocycles. The molecule has 0 saturated carbocycles. The van der Waals surface area contributed by atoms with E-state index in [1.807, 2.05) is 6.92 Å². The first kappa shape index (κ1) is 24.6. The Kier molecular flexibility index (Phi) is 34.9. The zero-order valence-corrected chi connectivity index (χ0v) is 13.5. The molecule has 72 valence electrons. The third-order valence-electron chi connectivity index (χ3n) is 0.840. The maximum Gasteiger partial charge on any atom is 1.00 e. The number of hydrogen-bond acceptors (Lipinski definition) is 5. The van der Waals surface area contributed by atoms with Gasteiger partial charge in [-0.2, -0.15) is 0 Å². The van der Waals surface area contributed by atoms with Crippen LogP contribution in [0, 0.1) is 0 Å². The molecule has 0 aliphatic carbocycles. The van der Waals surface area contributed by atoms with E-state index in [-0.39, 0.29) is 71.3 Å². The summed E-state index contributed by atoms with van der Waals surface area (Å²) in [6.45, 7) is 1.92. The Morgan fingerprint density at radius 3 is 1.93 bits per heavy atom. The fourth-order valence-corrected chi connectivity index (χ4v) is 0.474. The molecule has 14 heavy (non-hydrogen) atoms. The van der Waals surface area contributed by atoms with Crippen LogP contribution in [-0.2, 0) is 21.0 Å². The molecule has 0 fully saturated rings. The second kappa shape index (κ2) is 19.9. The molecule has 0 bridgehead atoms. The summed E-state index contributed by atoms with van der Waals surface area (Å²) < 4.78 is 25.3. The Labute approximate surface area is 130 Å². The molecule has 0 unspecified atom stereocenters. The summed E-state index contributed by atoms with van der Waals surface area (Å²) in [5.41, 5.74) is 0. The van der Waals surface area contributed by atoms with E-state index in [0.29, 0.717) is 12.7 Å². The second-order valence-electron chi connectivity index (χ2n) is 1.86. The molecular weight excluding hydrogens is 230 g/mol. The molecule has 0 spiro atoms. The summed E-state index contributed by atoms with van der Waals surface area (Å²) in [5, 5.41) is 0. The standard InChI is InChI=1S/C6H10O2.2Na.H2O3S/c1-2-3-6(8)4-5-7;;;1-4(2)3/h5H,2-4H2,1H3;;;(H2,1,2,3)/q;2*+1;/p-2. The van der Waals surface area contributed by atoms with Crippen molar-refractivity contribution in [3.8, 4) is 0 Å². The first-order valence-corrected chi connectivity index (χ1v) is 4.26. The molecule has 0 rings (SSSR count). The van der Waals surface area contributed by atoms with Crippen molar-refractivity contribution in [3.63, 3.8) is 0 Å². The quantitative estimate of drug-likeness (QED) is 0.211. The van der Waals surface area contributed by atoms with Crippen LogP contribution in [0.25, 0.3) is 0 Å². The Hall–Kier alpha value is 1.41. The summed E-state index contributed by atoms with van der Waals surface area (Å²) in [7, 11) is 0. The van der Waals surface area contributed by atoms with Crippen molar-refractivity contribution in [2.24, 2.45) is 0 Å². The van der Waals surface area contributed by atoms with Gasteiger partial charge >= 0.3 is 59.1 Å². The van der Waals surface area contributed by atoms with Crippen LogP contribution >= 0.6 is 0 Å². The Balaban J connectivity index is -0.0000000733. The molecule has 0 aliphatic rings. The van der Waals surface area contributed by atoms with E-state index in [1.54, 1.807) is 0 Å². The topological polar surface area (TPSA) is 97.3 Å². The molecule has 0 aromatic rings. The van der Waals surface area contributed by atoms with Gasteiger partial charge in [-0.05, 0) is 6.42 Å².